The molecule has 0 radical (unpaired) electrons. The number of rotatable bonds is 6. The lowest BCUT2D eigenvalue weighted by Crippen LogP contribution is -2.33. The van der Waals surface area contributed by atoms with E-state index in [1.165, 1.54) is 6.26 Å². The summed E-state index contributed by atoms with van der Waals surface area (Å²) in [5, 5.41) is 9.40. The maximum atomic E-state index is 11.2. The Balaban J connectivity index is 2.09. The molecule has 2 N–H and O–H groups in total. The Morgan fingerprint density at radius 1 is 1.64 bits per heavy atom. The van der Waals surface area contributed by atoms with Gasteiger partial charge in [0, 0.05) is 6.07 Å². The SMILES string of the molecule is CCCNCC(=O)NCc1ccon1. The fourth-order valence-electron chi connectivity index (χ4n) is 0.959. The molecule has 0 spiro atoms. The van der Waals surface area contributed by atoms with E-state index in [4.69, 9.17) is 0 Å². The highest BCUT2D eigenvalue weighted by Gasteiger charge is 2.01. The number of aromatic nitrogens is 1. The molecule has 0 atom stereocenters. The first-order chi connectivity index (χ1) is 6.83. The van der Waals surface area contributed by atoms with Crippen LogP contribution in [0.5, 0.6) is 0 Å². The molecule has 0 saturated carbocycles. The highest BCUT2D eigenvalue weighted by molar-refractivity contribution is 5.77. The lowest BCUT2D eigenvalue weighted by Gasteiger charge is -2.03. The summed E-state index contributed by atoms with van der Waals surface area (Å²) in [6.07, 6.45) is 2.51. The minimum absolute atomic E-state index is 0.0264. The zero-order valence-electron chi connectivity index (χ0n) is 8.25. The van der Waals surface area contributed by atoms with Gasteiger partial charge in [-0.15, -0.1) is 0 Å². The smallest absolute Gasteiger partial charge is 0.234 e. The number of hydrogen-bond acceptors (Lipinski definition) is 4. The molecule has 1 aromatic heterocycles. The van der Waals surface area contributed by atoms with Gasteiger partial charge in [0.05, 0.1) is 13.1 Å². The number of nitrogens with zero attached hydrogens (tertiary/aromatic N) is 1. The second-order valence-corrected chi connectivity index (χ2v) is 2.94. The quantitative estimate of drug-likeness (QED) is 0.643. The zero-order chi connectivity index (χ0) is 10.2. The largest absolute Gasteiger partial charge is 0.364 e. The summed E-state index contributed by atoms with van der Waals surface area (Å²) < 4.78 is 4.63. The molecule has 14 heavy (non-hydrogen) atoms. The maximum Gasteiger partial charge on any atom is 0.234 e. The second-order valence-electron chi connectivity index (χ2n) is 2.94. The van der Waals surface area contributed by atoms with Gasteiger partial charge >= 0.3 is 0 Å². The van der Waals surface area contributed by atoms with Crippen LogP contribution in [0.1, 0.15) is 19.0 Å². The third-order valence-electron chi connectivity index (χ3n) is 1.67. The van der Waals surface area contributed by atoms with Gasteiger partial charge in [0.1, 0.15) is 12.0 Å². The Labute approximate surface area is 82.8 Å². The van der Waals surface area contributed by atoms with E-state index in [1.54, 1.807) is 6.07 Å². The van der Waals surface area contributed by atoms with E-state index in [9.17, 15) is 4.79 Å². The highest BCUT2D eigenvalue weighted by atomic mass is 16.5. The Kier molecular flexibility index (Phi) is 4.71. The van der Waals surface area contributed by atoms with Crippen molar-refractivity contribution in [3.8, 4) is 0 Å². The summed E-state index contributed by atoms with van der Waals surface area (Å²) >= 11 is 0. The van der Waals surface area contributed by atoms with Crippen molar-refractivity contribution >= 4 is 5.91 Å². The molecule has 0 aliphatic carbocycles. The fourth-order valence-corrected chi connectivity index (χ4v) is 0.959. The van der Waals surface area contributed by atoms with Crippen LogP contribution in [0, 0.1) is 0 Å². The topological polar surface area (TPSA) is 67.2 Å². The van der Waals surface area contributed by atoms with Crippen molar-refractivity contribution in [2.75, 3.05) is 13.1 Å². The van der Waals surface area contributed by atoms with Crippen LogP contribution in [-0.4, -0.2) is 24.2 Å². The highest BCUT2D eigenvalue weighted by Crippen LogP contribution is 1.92. The lowest BCUT2D eigenvalue weighted by atomic mass is 10.4. The molecule has 1 amide bonds. The summed E-state index contributed by atoms with van der Waals surface area (Å²) in [4.78, 5) is 11.2. The summed E-state index contributed by atoms with van der Waals surface area (Å²) in [6, 6.07) is 1.72. The summed E-state index contributed by atoms with van der Waals surface area (Å²) in [5.41, 5.74) is 0.730. The van der Waals surface area contributed by atoms with Crippen LogP contribution in [0.2, 0.25) is 0 Å². The molecule has 0 aliphatic heterocycles. The minimum atomic E-state index is -0.0264. The van der Waals surface area contributed by atoms with Gasteiger partial charge in [0.25, 0.3) is 0 Å². The van der Waals surface area contributed by atoms with Gasteiger partial charge in [-0.1, -0.05) is 12.1 Å². The first-order valence-electron chi connectivity index (χ1n) is 4.69. The van der Waals surface area contributed by atoms with Crippen LogP contribution in [-0.2, 0) is 11.3 Å². The normalized spacial score (nSPS) is 10.1. The molecule has 0 aliphatic rings. The summed E-state index contributed by atoms with van der Waals surface area (Å²) in [5.74, 6) is -0.0264. The van der Waals surface area contributed by atoms with E-state index in [0.29, 0.717) is 13.1 Å². The Bertz CT molecular complexity index is 259. The van der Waals surface area contributed by atoms with Crippen molar-refractivity contribution in [2.24, 2.45) is 0 Å². The number of nitrogens with one attached hydrogen (secondary N) is 2. The van der Waals surface area contributed by atoms with E-state index in [2.05, 4.69) is 27.2 Å². The molecule has 5 nitrogen and oxygen atoms in total. The average Bonchev–Trinajstić information content (AvgIpc) is 2.68. The number of carbonyl (C=O) groups is 1. The van der Waals surface area contributed by atoms with Gasteiger partial charge in [-0.05, 0) is 13.0 Å². The second kappa shape index (κ2) is 6.15. The molecule has 0 unspecified atom stereocenters. The van der Waals surface area contributed by atoms with Crippen molar-refractivity contribution in [2.45, 2.75) is 19.9 Å². The van der Waals surface area contributed by atoms with E-state index in [0.717, 1.165) is 18.7 Å². The van der Waals surface area contributed by atoms with Gasteiger partial charge in [-0.25, -0.2) is 0 Å². The monoisotopic (exact) mass is 197 g/mol. The number of amides is 1. The molecular weight excluding hydrogens is 182 g/mol. The van der Waals surface area contributed by atoms with Crippen molar-refractivity contribution in [3.05, 3.63) is 18.0 Å². The molecule has 0 aromatic carbocycles. The number of hydrogen-bond donors (Lipinski definition) is 2. The van der Waals surface area contributed by atoms with Gasteiger partial charge in [-0.3, -0.25) is 4.79 Å². The molecule has 0 saturated heterocycles. The first kappa shape index (κ1) is 10.7. The third-order valence-corrected chi connectivity index (χ3v) is 1.67. The Hall–Kier alpha value is -1.36. The zero-order valence-corrected chi connectivity index (χ0v) is 8.25. The first-order valence-corrected chi connectivity index (χ1v) is 4.69. The molecule has 1 aromatic rings. The van der Waals surface area contributed by atoms with E-state index in [1.807, 2.05) is 0 Å². The van der Waals surface area contributed by atoms with Gasteiger partial charge in [-0.2, -0.15) is 0 Å². The summed E-state index contributed by atoms with van der Waals surface area (Å²) in [6.45, 7) is 3.69. The fraction of sp³-hybridized carbons (Fsp3) is 0.556. The lowest BCUT2D eigenvalue weighted by molar-refractivity contribution is -0.120. The predicted octanol–water partition coefficient (Wildman–Crippen LogP) is 0.290. The summed E-state index contributed by atoms with van der Waals surface area (Å²) in [7, 11) is 0. The molecular formula is C9H15N3O2. The van der Waals surface area contributed by atoms with Crippen molar-refractivity contribution < 1.29 is 9.32 Å². The van der Waals surface area contributed by atoms with Crippen molar-refractivity contribution in [1.29, 1.82) is 0 Å². The van der Waals surface area contributed by atoms with E-state index >= 15 is 0 Å². The minimum Gasteiger partial charge on any atom is -0.364 e. The van der Waals surface area contributed by atoms with Crippen LogP contribution in [0.15, 0.2) is 16.9 Å². The van der Waals surface area contributed by atoms with Crippen molar-refractivity contribution in [3.63, 3.8) is 0 Å². The number of carbonyl (C=O) groups excluding carboxylic acids is 1. The van der Waals surface area contributed by atoms with E-state index in [-0.39, 0.29) is 5.91 Å². The molecule has 0 bridgehead atoms. The van der Waals surface area contributed by atoms with Crippen LogP contribution in [0.25, 0.3) is 0 Å². The van der Waals surface area contributed by atoms with Crippen LogP contribution in [0.3, 0.4) is 0 Å². The molecule has 0 fully saturated rings. The van der Waals surface area contributed by atoms with Crippen molar-refractivity contribution in [1.82, 2.24) is 15.8 Å². The average molecular weight is 197 g/mol. The Morgan fingerprint density at radius 3 is 3.14 bits per heavy atom. The molecule has 5 heteroatoms. The van der Waals surface area contributed by atoms with Crippen LogP contribution >= 0.6 is 0 Å². The van der Waals surface area contributed by atoms with Crippen LogP contribution < -0.4 is 10.6 Å². The van der Waals surface area contributed by atoms with Gasteiger partial charge < -0.3 is 15.2 Å². The molecule has 1 heterocycles. The Morgan fingerprint density at radius 2 is 2.50 bits per heavy atom. The van der Waals surface area contributed by atoms with Gasteiger partial charge in [0.15, 0.2) is 0 Å². The molecule has 78 valence electrons. The van der Waals surface area contributed by atoms with Gasteiger partial charge in [0.2, 0.25) is 5.91 Å². The standard InChI is InChI=1S/C9H15N3O2/c1-2-4-10-7-9(13)11-6-8-3-5-14-12-8/h3,5,10H,2,4,6-7H2,1H3,(H,11,13). The maximum absolute atomic E-state index is 11.2. The predicted molar refractivity (Wildman–Crippen MR) is 51.5 cm³/mol. The molecule has 1 rings (SSSR count). The third kappa shape index (κ3) is 4.04. The van der Waals surface area contributed by atoms with E-state index < -0.39 is 0 Å². The van der Waals surface area contributed by atoms with Crippen LogP contribution in [0.4, 0.5) is 0 Å².